The fraction of sp³-hybridized carbons (Fsp3) is 0.200. The third-order valence-corrected chi connectivity index (χ3v) is 6.53. The van der Waals surface area contributed by atoms with Crippen molar-refractivity contribution in [3.63, 3.8) is 0 Å². The van der Waals surface area contributed by atoms with Crippen LogP contribution in [-0.2, 0) is 5.41 Å². The molecule has 3 nitrogen and oxygen atoms in total. The number of hydrogen-bond donors (Lipinski definition) is 2. The molecule has 0 fully saturated rings. The zero-order valence-corrected chi connectivity index (χ0v) is 17.8. The van der Waals surface area contributed by atoms with E-state index >= 15 is 0 Å². The third-order valence-electron chi connectivity index (χ3n) is 3.85. The Bertz CT molecular complexity index is 750. The smallest absolute Gasteiger partial charge is 0.149 e. The van der Waals surface area contributed by atoms with Gasteiger partial charge in [-0.3, -0.25) is 0 Å². The van der Waals surface area contributed by atoms with Gasteiger partial charge in [-0.2, -0.15) is 0 Å². The molecule has 0 saturated carbocycles. The topological polar surface area (TPSA) is 49.7 Å². The number of aromatic hydroxyl groups is 2. The predicted octanol–water partition coefficient (Wildman–Crippen LogP) is 6.58. The van der Waals surface area contributed by atoms with E-state index in [9.17, 15) is 10.2 Å². The van der Waals surface area contributed by atoms with E-state index in [1.54, 1.807) is 0 Å². The number of halogens is 4. The second-order valence-electron chi connectivity index (χ2n) is 5.52. The minimum Gasteiger partial charge on any atom is -0.505 e. The minimum absolute atomic E-state index is 0.0791. The first-order valence-electron chi connectivity index (χ1n) is 6.27. The summed E-state index contributed by atoms with van der Waals surface area (Å²) in [6.07, 6.45) is 0. The normalized spacial score (nSPS) is 15.0. The highest BCUT2D eigenvalue weighted by Gasteiger charge is 2.39. The van der Waals surface area contributed by atoms with Gasteiger partial charge in [0, 0.05) is 16.5 Å². The Morgan fingerprint density at radius 1 is 0.818 bits per heavy atom. The summed E-state index contributed by atoms with van der Waals surface area (Å²) in [5, 5.41) is 20.2. The van der Waals surface area contributed by atoms with Crippen molar-refractivity contribution in [3.05, 3.63) is 41.2 Å². The van der Waals surface area contributed by atoms with E-state index in [1.165, 1.54) is 0 Å². The van der Waals surface area contributed by atoms with Gasteiger partial charge in [-0.25, -0.2) is 0 Å². The monoisotopic (exact) mass is 554 g/mol. The Morgan fingerprint density at radius 3 is 1.55 bits per heavy atom. The molecule has 0 radical (unpaired) electrons. The van der Waals surface area contributed by atoms with Crippen LogP contribution >= 0.6 is 63.7 Å². The van der Waals surface area contributed by atoms with Gasteiger partial charge in [-0.1, -0.05) is 13.8 Å². The summed E-state index contributed by atoms with van der Waals surface area (Å²) in [7, 11) is 0. The summed E-state index contributed by atoms with van der Waals surface area (Å²) in [4.78, 5) is 0. The molecule has 0 spiro atoms. The van der Waals surface area contributed by atoms with E-state index < -0.39 is 0 Å². The Labute approximate surface area is 161 Å². The van der Waals surface area contributed by atoms with Crippen molar-refractivity contribution in [2.75, 3.05) is 0 Å². The van der Waals surface area contributed by atoms with E-state index in [0.717, 1.165) is 11.1 Å². The molecule has 0 aliphatic carbocycles. The van der Waals surface area contributed by atoms with Gasteiger partial charge in [-0.15, -0.1) is 0 Å². The summed E-state index contributed by atoms with van der Waals surface area (Å²) in [6.45, 7) is 4.14. The fourth-order valence-electron chi connectivity index (χ4n) is 2.56. The maximum Gasteiger partial charge on any atom is 0.149 e. The van der Waals surface area contributed by atoms with Crippen molar-refractivity contribution in [2.45, 2.75) is 19.3 Å². The van der Waals surface area contributed by atoms with Crippen molar-refractivity contribution in [3.8, 4) is 23.0 Å². The molecule has 2 N–H and O–H groups in total. The summed E-state index contributed by atoms with van der Waals surface area (Å²) >= 11 is 13.5. The summed E-state index contributed by atoms with van der Waals surface area (Å²) in [5.74, 6) is 1.24. The quantitative estimate of drug-likeness (QED) is 0.385. The van der Waals surface area contributed by atoms with Crippen LogP contribution in [0.2, 0.25) is 0 Å². The zero-order chi connectivity index (χ0) is 16.4. The SMILES string of the molecule is CC1(C)c2cc(Br)c(O)c(Br)c2Oc2c1cc(Br)c(O)c2Br. The Morgan fingerprint density at radius 2 is 1.18 bits per heavy atom. The number of rotatable bonds is 0. The van der Waals surface area contributed by atoms with Crippen molar-refractivity contribution in [2.24, 2.45) is 0 Å². The predicted molar refractivity (Wildman–Crippen MR) is 99.2 cm³/mol. The molecule has 3 rings (SSSR count). The molecule has 0 aromatic heterocycles. The largest absolute Gasteiger partial charge is 0.505 e. The van der Waals surface area contributed by atoms with Crippen LogP contribution in [0.1, 0.15) is 25.0 Å². The summed E-state index contributed by atoms with van der Waals surface area (Å²) in [5.41, 5.74) is 1.49. The molecule has 0 saturated heterocycles. The zero-order valence-electron chi connectivity index (χ0n) is 11.5. The van der Waals surface area contributed by atoms with Crippen LogP contribution in [-0.4, -0.2) is 10.2 Å². The summed E-state index contributed by atoms with van der Waals surface area (Å²) < 4.78 is 8.13. The maximum absolute atomic E-state index is 10.1. The molecule has 116 valence electrons. The first-order chi connectivity index (χ1) is 10.2. The Hall–Kier alpha value is -0.240. The van der Waals surface area contributed by atoms with E-state index in [-0.39, 0.29) is 16.9 Å². The van der Waals surface area contributed by atoms with Crippen LogP contribution < -0.4 is 4.74 Å². The first-order valence-corrected chi connectivity index (χ1v) is 9.44. The molecule has 7 heteroatoms. The van der Waals surface area contributed by atoms with Crippen molar-refractivity contribution in [1.82, 2.24) is 0 Å². The molecular formula is C15H10Br4O3. The number of ether oxygens (including phenoxy) is 1. The van der Waals surface area contributed by atoms with Crippen LogP contribution in [0.25, 0.3) is 0 Å². The molecule has 1 aliphatic rings. The van der Waals surface area contributed by atoms with Crippen molar-refractivity contribution >= 4 is 63.7 Å². The Balaban J connectivity index is 2.38. The third kappa shape index (κ3) is 2.24. The summed E-state index contributed by atoms with van der Waals surface area (Å²) in [6, 6.07) is 3.71. The van der Waals surface area contributed by atoms with Crippen LogP contribution in [0, 0.1) is 0 Å². The maximum atomic E-state index is 10.1. The average Bonchev–Trinajstić information content (AvgIpc) is 2.45. The molecule has 0 amide bonds. The molecule has 0 atom stereocenters. The van der Waals surface area contributed by atoms with Gasteiger partial charge < -0.3 is 14.9 Å². The lowest BCUT2D eigenvalue weighted by molar-refractivity contribution is 0.394. The molecule has 1 heterocycles. The number of hydrogen-bond acceptors (Lipinski definition) is 3. The average molecular weight is 558 g/mol. The highest BCUT2D eigenvalue weighted by Crippen LogP contribution is 2.57. The highest BCUT2D eigenvalue weighted by atomic mass is 79.9. The van der Waals surface area contributed by atoms with Gasteiger partial charge >= 0.3 is 0 Å². The van der Waals surface area contributed by atoms with Gasteiger partial charge in [0.15, 0.2) is 0 Å². The van der Waals surface area contributed by atoms with Gasteiger partial charge in [0.25, 0.3) is 0 Å². The standard InChI is InChI=1S/C15H10Br4O3/c1-15(2)5-3-7(16)11(20)9(18)13(5)22-14-6(15)4-8(17)12(21)10(14)19/h3-4,20-21H,1-2H3. The second-order valence-corrected chi connectivity index (χ2v) is 8.82. The number of benzene rings is 2. The van der Waals surface area contributed by atoms with Crippen LogP contribution in [0.3, 0.4) is 0 Å². The van der Waals surface area contributed by atoms with Crippen LogP contribution in [0.15, 0.2) is 30.0 Å². The highest BCUT2D eigenvalue weighted by molar-refractivity contribution is 9.11. The lowest BCUT2D eigenvalue weighted by Crippen LogP contribution is -2.25. The number of phenols is 2. The van der Waals surface area contributed by atoms with Crippen molar-refractivity contribution < 1.29 is 14.9 Å². The second kappa shape index (κ2) is 5.40. The van der Waals surface area contributed by atoms with E-state index in [4.69, 9.17) is 4.74 Å². The van der Waals surface area contributed by atoms with Gasteiger partial charge in [0.05, 0.1) is 8.95 Å². The molecule has 2 aromatic rings. The van der Waals surface area contributed by atoms with Crippen LogP contribution in [0.4, 0.5) is 0 Å². The lowest BCUT2D eigenvalue weighted by Gasteiger charge is -2.36. The molecule has 0 unspecified atom stereocenters. The van der Waals surface area contributed by atoms with Gasteiger partial charge in [-0.05, 0) is 75.9 Å². The lowest BCUT2D eigenvalue weighted by atomic mass is 9.76. The van der Waals surface area contributed by atoms with E-state index in [1.807, 2.05) is 12.1 Å². The molecule has 0 bridgehead atoms. The molecular weight excluding hydrogens is 548 g/mol. The molecule has 1 aliphatic heterocycles. The van der Waals surface area contributed by atoms with E-state index in [2.05, 4.69) is 77.6 Å². The number of fused-ring (bicyclic) bond motifs is 2. The molecule has 2 aromatic carbocycles. The van der Waals surface area contributed by atoms with Gasteiger partial charge in [0.2, 0.25) is 0 Å². The van der Waals surface area contributed by atoms with E-state index in [0.29, 0.717) is 29.4 Å². The fourth-order valence-corrected chi connectivity index (χ4v) is 4.96. The number of phenolic OH excluding ortho intramolecular Hbond substituents is 2. The van der Waals surface area contributed by atoms with Crippen molar-refractivity contribution in [1.29, 1.82) is 0 Å². The molecule has 22 heavy (non-hydrogen) atoms. The van der Waals surface area contributed by atoms with Crippen LogP contribution in [0.5, 0.6) is 23.0 Å². The van der Waals surface area contributed by atoms with Gasteiger partial charge in [0.1, 0.15) is 31.9 Å². The Kier molecular flexibility index (Phi) is 4.07. The minimum atomic E-state index is -0.375. The first kappa shape index (κ1) is 16.6.